The first-order valence-corrected chi connectivity index (χ1v) is 3.33. The highest BCUT2D eigenvalue weighted by atomic mass is 19.4. The zero-order valence-electron chi connectivity index (χ0n) is 6.61. The Labute approximate surface area is 71.2 Å². The fourth-order valence-electron chi connectivity index (χ4n) is 0.709. The van der Waals surface area contributed by atoms with Crippen molar-refractivity contribution in [3.05, 3.63) is 28.0 Å². The van der Waals surface area contributed by atoms with Gasteiger partial charge in [0.05, 0.1) is 0 Å². The van der Waals surface area contributed by atoms with Gasteiger partial charge in [0.2, 0.25) is 5.88 Å². The van der Waals surface area contributed by atoms with Crippen molar-refractivity contribution in [1.29, 1.82) is 0 Å². The number of aryl methyl sites for hydroxylation is 1. The van der Waals surface area contributed by atoms with Crippen LogP contribution in [0.4, 0.5) is 13.2 Å². The normalized spacial score (nSPS) is 11.4. The van der Waals surface area contributed by atoms with Crippen LogP contribution < -0.4 is 10.2 Å². The summed E-state index contributed by atoms with van der Waals surface area (Å²) in [7, 11) is 0. The van der Waals surface area contributed by atoms with Gasteiger partial charge >= 0.3 is 6.36 Å². The summed E-state index contributed by atoms with van der Waals surface area (Å²) in [4.78, 5) is 13.1. The molecule has 0 unspecified atom stereocenters. The predicted molar refractivity (Wildman–Crippen MR) is 38.5 cm³/mol. The molecule has 0 fully saturated rings. The fourth-order valence-corrected chi connectivity index (χ4v) is 0.709. The molecule has 1 rings (SSSR count). The van der Waals surface area contributed by atoms with Crippen LogP contribution in [0.1, 0.15) is 5.56 Å². The van der Waals surface area contributed by atoms with E-state index in [4.69, 9.17) is 0 Å². The maximum atomic E-state index is 11.6. The third-order valence-electron chi connectivity index (χ3n) is 1.31. The third kappa shape index (κ3) is 2.81. The first-order chi connectivity index (χ1) is 5.88. The second kappa shape index (κ2) is 3.12. The first-order valence-electron chi connectivity index (χ1n) is 3.33. The number of H-pyrrole nitrogens is 1. The van der Waals surface area contributed by atoms with Crippen LogP contribution in [0.15, 0.2) is 17.1 Å². The maximum Gasteiger partial charge on any atom is 0.574 e. The molecule has 13 heavy (non-hydrogen) atoms. The highest BCUT2D eigenvalue weighted by Crippen LogP contribution is 2.18. The van der Waals surface area contributed by atoms with Crippen LogP contribution >= 0.6 is 0 Å². The molecule has 1 aromatic heterocycles. The molecule has 72 valence electrons. The Balaban J connectivity index is 2.93. The van der Waals surface area contributed by atoms with E-state index in [0.717, 1.165) is 12.3 Å². The lowest BCUT2D eigenvalue weighted by Crippen LogP contribution is -2.19. The van der Waals surface area contributed by atoms with Crippen molar-refractivity contribution in [2.75, 3.05) is 0 Å². The Morgan fingerprint density at radius 3 is 2.54 bits per heavy atom. The van der Waals surface area contributed by atoms with Crippen molar-refractivity contribution in [3.63, 3.8) is 0 Å². The summed E-state index contributed by atoms with van der Waals surface area (Å²) in [6.45, 7) is 1.48. The smallest absolute Gasteiger partial charge is 0.390 e. The van der Waals surface area contributed by atoms with Gasteiger partial charge in [0.15, 0.2) is 5.43 Å². The number of aromatic amines is 1. The minimum atomic E-state index is -4.78. The predicted octanol–water partition coefficient (Wildman–Crippen LogP) is 1.58. The van der Waals surface area contributed by atoms with Crippen molar-refractivity contribution < 1.29 is 17.9 Å². The molecule has 0 amide bonds. The molecule has 0 bridgehead atoms. The third-order valence-corrected chi connectivity index (χ3v) is 1.31. The van der Waals surface area contributed by atoms with Gasteiger partial charge in [-0.2, -0.15) is 0 Å². The van der Waals surface area contributed by atoms with Gasteiger partial charge in [0, 0.05) is 17.8 Å². The summed E-state index contributed by atoms with van der Waals surface area (Å²) in [5, 5.41) is 0. The molecule has 0 aliphatic carbocycles. The van der Waals surface area contributed by atoms with Gasteiger partial charge in [-0.05, 0) is 6.92 Å². The molecule has 0 saturated carbocycles. The molecular weight excluding hydrogens is 187 g/mol. The van der Waals surface area contributed by atoms with Crippen molar-refractivity contribution in [1.82, 2.24) is 4.98 Å². The standard InChI is InChI=1S/C7H6F3NO2/c1-4-3-11-6(2-5(4)12)13-7(8,9)10/h2-3H,1H3,(H,11,12). The average molecular weight is 193 g/mol. The van der Waals surface area contributed by atoms with Gasteiger partial charge in [-0.15, -0.1) is 13.2 Å². The minimum absolute atomic E-state index is 0.328. The number of hydrogen-bond acceptors (Lipinski definition) is 2. The van der Waals surface area contributed by atoms with Crippen LogP contribution in [0, 0.1) is 6.92 Å². The number of pyridine rings is 1. The topological polar surface area (TPSA) is 42.1 Å². The molecule has 1 aromatic rings. The molecule has 0 aliphatic rings. The lowest BCUT2D eigenvalue weighted by molar-refractivity contribution is -0.276. The van der Waals surface area contributed by atoms with Gasteiger partial charge in [-0.1, -0.05) is 0 Å². The monoisotopic (exact) mass is 193 g/mol. The van der Waals surface area contributed by atoms with Gasteiger partial charge in [0.1, 0.15) is 0 Å². The Bertz CT molecular complexity index is 355. The van der Waals surface area contributed by atoms with E-state index in [1.54, 1.807) is 0 Å². The number of rotatable bonds is 1. The van der Waals surface area contributed by atoms with E-state index in [1.165, 1.54) is 6.92 Å². The summed E-state index contributed by atoms with van der Waals surface area (Å²) in [6, 6.07) is 0.753. The molecule has 1 heterocycles. The number of halogens is 3. The van der Waals surface area contributed by atoms with Crippen molar-refractivity contribution >= 4 is 0 Å². The van der Waals surface area contributed by atoms with E-state index >= 15 is 0 Å². The van der Waals surface area contributed by atoms with Gasteiger partial charge < -0.3 is 9.72 Å². The fraction of sp³-hybridized carbons (Fsp3) is 0.286. The van der Waals surface area contributed by atoms with E-state index in [2.05, 4.69) is 9.72 Å². The van der Waals surface area contributed by atoms with Crippen LogP contribution in [-0.4, -0.2) is 11.3 Å². The molecule has 0 aromatic carbocycles. The van der Waals surface area contributed by atoms with E-state index in [0.29, 0.717) is 5.56 Å². The molecule has 0 saturated heterocycles. The zero-order valence-corrected chi connectivity index (χ0v) is 6.61. The van der Waals surface area contributed by atoms with Crippen LogP contribution in [0.5, 0.6) is 5.88 Å². The van der Waals surface area contributed by atoms with Crippen LogP contribution in [0.25, 0.3) is 0 Å². The Hall–Kier alpha value is -1.46. The minimum Gasteiger partial charge on any atom is -0.390 e. The summed E-state index contributed by atoms with van der Waals surface area (Å²) in [6.07, 6.45) is -3.62. The molecule has 0 spiro atoms. The molecule has 0 atom stereocenters. The van der Waals surface area contributed by atoms with Gasteiger partial charge in [-0.25, -0.2) is 0 Å². The molecular formula is C7H6F3NO2. The van der Waals surface area contributed by atoms with E-state index in [1.807, 2.05) is 0 Å². The highest BCUT2D eigenvalue weighted by Gasteiger charge is 2.31. The van der Waals surface area contributed by atoms with Gasteiger partial charge in [-0.3, -0.25) is 4.79 Å². The van der Waals surface area contributed by atoms with Crippen molar-refractivity contribution in [2.24, 2.45) is 0 Å². The molecule has 6 heteroatoms. The zero-order chi connectivity index (χ0) is 10.1. The number of nitrogens with one attached hydrogen (secondary N) is 1. The Morgan fingerprint density at radius 2 is 2.08 bits per heavy atom. The molecule has 3 nitrogen and oxygen atoms in total. The lowest BCUT2D eigenvalue weighted by Gasteiger charge is -2.07. The molecule has 1 N–H and O–H groups in total. The average Bonchev–Trinajstić information content (AvgIpc) is 1.94. The quantitative estimate of drug-likeness (QED) is 0.735. The Morgan fingerprint density at radius 1 is 1.46 bits per heavy atom. The summed E-state index contributed by atoms with van der Waals surface area (Å²) in [5.74, 6) is -0.608. The summed E-state index contributed by atoms with van der Waals surface area (Å²) >= 11 is 0. The highest BCUT2D eigenvalue weighted by molar-refractivity contribution is 5.16. The Kier molecular flexibility index (Phi) is 2.31. The van der Waals surface area contributed by atoms with E-state index in [9.17, 15) is 18.0 Å². The summed E-state index contributed by atoms with van der Waals surface area (Å²) in [5.41, 5.74) is -0.174. The number of ether oxygens (including phenoxy) is 1. The van der Waals surface area contributed by atoms with Crippen molar-refractivity contribution in [2.45, 2.75) is 13.3 Å². The number of alkyl halides is 3. The van der Waals surface area contributed by atoms with E-state index < -0.39 is 17.7 Å². The van der Waals surface area contributed by atoms with Crippen LogP contribution in [0.3, 0.4) is 0 Å². The summed E-state index contributed by atoms with van der Waals surface area (Å²) < 4.78 is 38.4. The number of aromatic nitrogens is 1. The lowest BCUT2D eigenvalue weighted by atomic mass is 10.3. The molecule has 0 radical (unpaired) electrons. The van der Waals surface area contributed by atoms with Gasteiger partial charge in [0.25, 0.3) is 0 Å². The van der Waals surface area contributed by atoms with Crippen LogP contribution in [0.2, 0.25) is 0 Å². The SMILES string of the molecule is Cc1c[nH]c(OC(F)(F)F)cc1=O. The number of hydrogen-bond donors (Lipinski definition) is 1. The largest absolute Gasteiger partial charge is 0.574 e. The second-order valence-electron chi connectivity index (χ2n) is 2.39. The van der Waals surface area contributed by atoms with Crippen molar-refractivity contribution in [3.8, 4) is 5.88 Å². The van der Waals surface area contributed by atoms with E-state index in [-0.39, 0.29) is 0 Å². The first kappa shape index (κ1) is 9.63. The maximum absolute atomic E-state index is 11.6. The van der Waals surface area contributed by atoms with Crippen LogP contribution in [-0.2, 0) is 0 Å². The molecule has 0 aliphatic heterocycles. The second-order valence-corrected chi connectivity index (χ2v) is 2.39.